The number of aryl methyl sites for hydroxylation is 2. The van der Waals surface area contributed by atoms with Crippen molar-refractivity contribution in [1.82, 2.24) is 15.0 Å². The average molecular weight is 265 g/mol. The molecule has 2 aromatic rings. The normalized spacial score (nSPS) is 12.7. The lowest BCUT2D eigenvalue weighted by molar-refractivity contribution is 0.543. The zero-order valence-electron chi connectivity index (χ0n) is 10.6. The van der Waals surface area contributed by atoms with Crippen LogP contribution in [0.4, 0.5) is 0 Å². The third-order valence-electron chi connectivity index (χ3n) is 2.96. The van der Waals surface area contributed by atoms with E-state index in [1.54, 1.807) is 6.20 Å². The van der Waals surface area contributed by atoms with E-state index in [0.717, 1.165) is 29.8 Å². The van der Waals surface area contributed by atoms with E-state index in [9.17, 15) is 0 Å². The Bertz CT molecular complexity index is 536. The van der Waals surface area contributed by atoms with E-state index in [-0.39, 0.29) is 6.04 Å². The molecule has 0 amide bonds. The highest BCUT2D eigenvalue weighted by atomic mass is 35.5. The van der Waals surface area contributed by atoms with E-state index in [4.69, 9.17) is 17.3 Å². The van der Waals surface area contributed by atoms with Crippen molar-refractivity contribution in [3.63, 3.8) is 0 Å². The van der Waals surface area contributed by atoms with Crippen LogP contribution in [-0.4, -0.2) is 15.0 Å². The maximum atomic E-state index is 6.30. The van der Waals surface area contributed by atoms with Crippen molar-refractivity contribution in [1.29, 1.82) is 0 Å². The number of nitrogens with zero attached hydrogens (tertiary/aromatic N) is 3. The second kappa shape index (κ2) is 5.50. The minimum atomic E-state index is -0.293. The lowest BCUT2D eigenvalue weighted by atomic mass is 10.0. The molecule has 4 nitrogen and oxygen atoms in total. The number of hydrogen-bond donors (Lipinski definition) is 1. The lowest BCUT2D eigenvalue weighted by Crippen LogP contribution is -2.18. The van der Waals surface area contributed by atoms with Crippen molar-refractivity contribution in [2.75, 3.05) is 0 Å². The number of rotatable bonds is 4. The SMILES string of the molecule is CCCn1nncc1C(N)c1cccc(C)c1Cl. The Labute approximate surface area is 112 Å². The number of benzene rings is 1. The Balaban J connectivity index is 2.38. The Kier molecular flexibility index (Phi) is 3.99. The number of halogens is 1. The van der Waals surface area contributed by atoms with Gasteiger partial charge in [0, 0.05) is 11.6 Å². The molecular weight excluding hydrogens is 248 g/mol. The zero-order valence-corrected chi connectivity index (χ0v) is 11.4. The molecule has 2 N–H and O–H groups in total. The van der Waals surface area contributed by atoms with E-state index < -0.39 is 0 Å². The summed E-state index contributed by atoms with van der Waals surface area (Å²) in [4.78, 5) is 0. The predicted molar refractivity (Wildman–Crippen MR) is 72.5 cm³/mol. The highest BCUT2D eigenvalue weighted by Crippen LogP contribution is 2.28. The minimum absolute atomic E-state index is 0.293. The van der Waals surface area contributed by atoms with Crippen LogP contribution in [0.25, 0.3) is 0 Å². The van der Waals surface area contributed by atoms with E-state index in [0.29, 0.717) is 5.02 Å². The Morgan fingerprint density at radius 3 is 2.94 bits per heavy atom. The average Bonchev–Trinajstić information content (AvgIpc) is 2.80. The highest BCUT2D eigenvalue weighted by Gasteiger charge is 2.17. The molecule has 0 radical (unpaired) electrons. The van der Waals surface area contributed by atoms with E-state index in [1.165, 1.54) is 0 Å². The summed E-state index contributed by atoms with van der Waals surface area (Å²) in [6.07, 6.45) is 2.70. The molecule has 1 unspecified atom stereocenters. The summed E-state index contributed by atoms with van der Waals surface area (Å²) in [5.74, 6) is 0. The number of nitrogens with two attached hydrogens (primary N) is 1. The first kappa shape index (κ1) is 13.1. The summed E-state index contributed by atoms with van der Waals surface area (Å²) in [6.45, 7) is 4.88. The molecule has 0 saturated heterocycles. The van der Waals surface area contributed by atoms with Gasteiger partial charge in [-0.3, -0.25) is 0 Å². The lowest BCUT2D eigenvalue weighted by Gasteiger charge is -2.15. The van der Waals surface area contributed by atoms with Crippen LogP contribution in [-0.2, 0) is 6.54 Å². The minimum Gasteiger partial charge on any atom is -0.319 e. The molecule has 0 fully saturated rings. The van der Waals surface area contributed by atoms with E-state index in [1.807, 2.05) is 29.8 Å². The molecule has 0 aliphatic rings. The molecule has 0 aliphatic carbocycles. The number of hydrogen-bond acceptors (Lipinski definition) is 3. The monoisotopic (exact) mass is 264 g/mol. The van der Waals surface area contributed by atoms with Gasteiger partial charge in [-0.2, -0.15) is 0 Å². The standard InChI is InChI=1S/C13H17ClN4/c1-3-7-18-11(8-16-17-18)13(15)10-6-4-5-9(2)12(10)14/h4-6,8,13H,3,7,15H2,1-2H3. The van der Waals surface area contributed by atoms with Crippen LogP contribution < -0.4 is 5.73 Å². The second-order valence-electron chi connectivity index (χ2n) is 4.34. The fourth-order valence-electron chi connectivity index (χ4n) is 1.96. The van der Waals surface area contributed by atoms with Crippen molar-refractivity contribution in [2.45, 2.75) is 32.9 Å². The molecule has 96 valence electrons. The fraction of sp³-hybridized carbons (Fsp3) is 0.385. The summed E-state index contributed by atoms with van der Waals surface area (Å²) in [6, 6.07) is 5.59. The quantitative estimate of drug-likeness (QED) is 0.924. The molecule has 0 saturated carbocycles. The van der Waals surface area contributed by atoms with Crippen molar-refractivity contribution in [2.24, 2.45) is 5.73 Å². The molecule has 5 heteroatoms. The van der Waals surface area contributed by atoms with Gasteiger partial charge in [-0.1, -0.05) is 41.9 Å². The summed E-state index contributed by atoms with van der Waals surface area (Å²) < 4.78 is 1.84. The molecule has 0 spiro atoms. The smallest absolute Gasteiger partial charge is 0.0800 e. The zero-order chi connectivity index (χ0) is 13.1. The first-order valence-electron chi connectivity index (χ1n) is 6.04. The van der Waals surface area contributed by atoms with Crippen LogP contribution in [0.2, 0.25) is 5.02 Å². The third-order valence-corrected chi connectivity index (χ3v) is 3.47. The van der Waals surface area contributed by atoms with Crippen molar-refractivity contribution >= 4 is 11.6 Å². The molecule has 18 heavy (non-hydrogen) atoms. The Hall–Kier alpha value is -1.39. The van der Waals surface area contributed by atoms with Gasteiger partial charge in [0.15, 0.2) is 0 Å². The Morgan fingerprint density at radius 2 is 2.22 bits per heavy atom. The summed E-state index contributed by atoms with van der Waals surface area (Å²) in [5, 5.41) is 8.69. The maximum Gasteiger partial charge on any atom is 0.0800 e. The topological polar surface area (TPSA) is 56.7 Å². The summed E-state index contributed by atoms with van der Waals surface area (Å²) in [7, 11) is 0. The Morgan fingerprint density at radius 1 is 1.44 bits per heavy atom. The fourth-order valence-corrected chi connectivity index (χ4v) is 2.21. The summed E-state index contributed by atoms with van der Waals surface area (Å²) in [5.41, 5.74) is 9.11. The van der Waals surface area contributed by atoms with E-state index in [2.05, 4.69) is 17.2 Å². The molecule has 1 aromatic carbocycles. The number of aromatic nitrogens is 3. The van der Waals surface area contributed by atoms with Gasteiger partial charge < -0.3 is 5.73 Å². The highest BCUT2D eigenvalue weighted by molar-refractivity contribution is 6.32. The van der Waals surface area contributed by atoms with Crippen molar-refractivity contribution < 1.29 is 0 Å². The molecule has 0 aliphatic heterocycles. The first-order valence-corrected chi connectivity index (χ1v) is 6.42. The van der Waals surface area contributed by atoms with E-state index >= 15 is 0 Å². The molecule has 1 atom stereocenters. The molecular formula is C13H17ClN4. The summed E-state index contributed by atoms with van der Waals surface area (Å²) >= 11 is 6.30. The first-order chi connectivity index (χ1) is 8.65. The van der Waals surface area contributed by atoms with Gasteiger partial charge in [-0.05, 0) is 24.5 Å². The van der Waals surface area contributed by atoms with Crippen LogP contribution in [0.15, 0.2) is 24.4 Å². The molecule has 1 aromatic heterocycles. The van der Waals surface area contributed by atoms with Gasteiger partial charge in [0.25, 0.3) is 0 Å². The maximum absolute atomic E-state index is 6.30. The van der Waals surface area contributed by atoms with Gasteiger partial charge >= 0.3 is 0 Å². The van der Waals surface area contributed by atoms with Crippen LogP contribution in [0.1, 0.15) is 36.2 Å². The van der Waals surface area contributed by atoms with Gasteiger partial charge in [0.2, 0.25) is 0 Å². The van der Waals surface area contributed by atoms with Gasteiger partial charge in [0.1, 0.15) is 0 Å². The second-order valence-corrected chi connectivity index (χ2v) is 4.72. The predicted octanol–water partition coefficient (Wildman–Crippen LogP) is 2.70. The van der Waals surface area contributed by atoms with Crippen molar-refractivity contribution in [3.05, 3.63) is 46.2 Å². The van der Waals surface area contributed by atoms with Gasteiger partial charge in [0.05, 0.1) is 17.9 Å². The molecule has 1 heterocycles. The molecule has 2 rings (SSSR count). The van der Waals surface area contributed by atoms with Crippen LogP contribution in [0.5, 0.6) is 0 Å². The van der Waals surface area contributed by atoms with Gasteiger partial charge in [-0.25, -0.2) is 4.68 Å². The molecule has 0 bridgehead atoms. The largest absolute Gasteiger partial charge is 0.319 e. The van der Waals surface area contributed by atoms with Gasteiger partial charge in [-0.15, -0.1) is 5.10 Å². The van der Waals surface area contributed by atoms with Crippen LogP contribution in [0, 0.1) is 6.92 Å². The third kappa shape index (κ3) is 2.40. The van der Waals surface area contributed by atoms with Crippen molar-refractivity contribution in [3.8, 4) is 0 Å². The van der Waals surface area contributed by atoms with Crippen LogP contribution in [0.3, 0.4) is 0 Å². The van der Waals surface area contributed by atoms with Crippen LogP contribution >= 0.6 is 11.6 Å².